The van der Waals surface area contributed by atoms with Crippen LogP contribution in [0.5, 0.6) is 0 Å². The first-order valence-electron chi connectivity index (χ1n) is 3.50. The van der Waals surface area contributed by atoms with Crippen LogP contribution in [0.4, 0.5) is 0 Å². The molecular weight excluding hydrogens is 306 g/mol. The van der Waals surface area contributed by atoms with Crippen molar-refractivity contribution in [2.24, 2.45) is 0 Å². The summed E-state index contributed by atoms with van der Waals surface area (Å²) in [4.78, 5) is 18.8. The normalized spacial score (nSPS) is 9.77. The van der Waals surface area contributed by atoms with Crippen LogP contribution in [-0.4, -0.2) is 22.5 Å². The number of halogens is 2. The predicted molar refractivity (Wildman–Crippen MR) is 55.7 cm³/mol. The SMILES string of the molecule is CCOC(=O)c1cnc(I)nc1Cl. The van der Waals surface area contributed by atoms with E-state index in [0.717, 1.165) is 0 Å². The number of ether oxygens (including phenoxy) is 1. The first kappa shape index (κ1) is 10.6. The molecule has 0 aliphatic carbocycles. The molecule has 1 heterocycles. The van der Waals surface area contributed by atoms with E-state index in [1.807, 2.05) is 22.6 Å². The number of hydrogen-bond donors (Lipinski definition) is 0. The molecule has 1 rings (SSSR count). The van der Waals surface area contributed by atoms with Crippen LogP contribution in [0, 0.1) is 3.83 Å². The molecule has 1 aromatic heterocycles. The standard InChI is InChI=1S/C7H6ClIN2O2/c1-2-13-6(12)4-3-10-7(9)11-5(4)8/h3H,2H2,1H3. The molecule has 0 fully saturated rings. The summed E-state index contributed by atoms with van der Waals surface area (Å²) in [7, 11) is 0. The summed E-state index contributed by atoms with van der Waals surface area (Å²) in [5, 5.41) is 0.123. The monoisotopic (exact) mass is 312 g/mol. The van der Waals surface area contributed by atoms with Gasteiger partial charge in [-0.2, -0.15) is 0 Å². The van der Waals surface area contributed by atoms with Crippen LogP contribution in [0.3, 0.4) is 0 Å². The van der Waals surface area contributed by atoms with Crippen molar-refractivity contribution in [1.82, 2.24) is 9.97 Å². The number of esters is 1. The van der Waals surface area contributed by atoms with Gasteiger partial charge in [-0.1, -0.05) is 11.6 Å². The van der Waals surface area contributed by atoms with Crippen molar-refractivity contribution in [2.75, 3.05) is 6.61 Å². The lowest BCUT2D eigenvalue weighted by atomic mass is 10.3. The molecule has 0 aromatic carbocycles. The van der Waals surface area contributed by atoms with E-state index in [2.05, 4.69) is 9.97 Å². The van der Waals surface area contributed by atoms with Gasteiger partial charge >= 0.3 is 5.97 Å². The summed E-state index contributed by atoms with van der Waals surface area (Å²) in [5.74, 6) is -0.496. The lowest BCUT2D eigenvalue weighted by molar-refractivity contribution is 0.0525. The highest BCUT2D eigenvalue weighted by molar-refractivity contribution is 14.1. The number of aromatic nitrogens is 2. The van der Waals surface area contributed by atoms with E-state index in [1.165, 1.54) is 6.20 Å². The van der Waals surface area contributed by atoms with E-state index in [0.29, 0.717) is 10.4 Å². The fraction of sp³-hybridized carbons (Fsp3) is 0.286. The maximum Gasteiger partial charge on any atom is 0.342 e. The zero-order chi connectivity index (χ0) is 9.84. The molecule has 70 valence electrons. The Kier molecular flexibility index (Phi) is 3.86. The Morgan fingerprint density at radius 3 is 3.00 bits per heavy atom. The number of carbonyl (C=O) groups excluding carboxylic acids is 1. The molecule has 0 saturated carbocycles. The predicted octanol–water partition coefficient (Wildman–Crippen LogP) is 1.91. The summed E-state index contributed by atoms with van der Waals surface area (Å²) >= 11 is 7.61. The third-order valence-corrected chi connectivity index (χ3v) is 2.02. The molecule has 0 N–H and O–H groups in total. The minimum absolute atomic E-state index is 0.123. The van der Waals surface area contributed by atoms with Gasteiger partial charge in [-0.3, -0.25) is 0 Å². The highest BCUT2D eigenvalue weighted by Crippen LogP contribution is 2.13. The molecule has 0 aliphatic rings. The molecule has 0 amide bonds. The third-order valence-electron chi connectivity index (χ3n) is 1.21. The van der Waals surface area contributed by atoms with Crippen LogP contribution < -0.4 is 0 Å². The first-order chi connectivity index (χ1) is 6.15. The van der Waals surface area contributed by atoms with Crippen molar-refractivity contribution < 1.29 is 9.53 Å². The van der Waals surface area contributed by atoms with Gasteiger partial charge in [0.2, 0.25) is 0 Å². The van der Waals surface area contributed by atoms with Gasteiger partial charge in [0.1, 0.15) is 10.7 Å². The molecule has 0 spiro atoms. The van der Waals surface area contributed by atoms with Crippen molar-refractivity contribution in [3.05, 3.63) is 20.7 Å². The van der Waals surface area contributed by atoms with Gasteiger partial charge in [0.25, 0.3) is 0 Å². The largest absolute Gasteiger partial charge is 0.462 e. The van der Waals surface area contributed by atoms with Crippen molar-refractivity contribution in [2.45, 2.75) is 6.92 Å². The van der Waals surface area contributed by atoms with E-state index in [-0.39, 0.29) is 10.7 Å². The molecule has 4 nitrogen and oxygen atoms in total. The number of nitrogens with zero attached hydrogens (tertiary/aromatic N) is 2. The second-order valence-electron chi connectivity index (χ2n) is 2.06. The fourth-order valence-corrected chi connectivity index (χ4v) is 1.42. The number of rotatable bonds is 2. The summed E-state index contributed by atoms with van der Waals surface area (Å²) < 4.78 is 5.24. The Morgan fingerprint density at radius 2 is 2.46 bits per heavy atom. The Morgan fingerprint density at radius 1 is 1.77 bits per heavy atom. The van der Waals surface area contributed by atoms with Gasteiger partial charge < -0.3 is 4.74 Å². The highest BCUT2D eigenvalue weighted by Gasteiger charge is 2.13. The molecule has 0 radical (unpaired) electrons. The van der Waals surface area contributed by atoms with Crippen LogP contribution >= 0.6 is 34.2 Å². The van der Waals surface area contributed by atoms with Crippen molar-refractivity contribution in [3.8, 4) is 0 Å². The van der Waals surface area contributed by atoms with E-state index in [4.69, 9.17) is 16.3 Å². The zero-order valence-corrected chi connectivity index (χ0v) is 9.66. The molecule has 6 heteroatoms. The molecule has 13 heavy (non-hydrogen) atoms. The Balaban J connectivity index is 2.95. The summed E-state index contributed by atoms with van der Waals surface area (Å²) in [6, 6.07) is 0. The molecule has 1 aromatic rings. The fourth-order valence-electron chi connectivity index (χ4n) is 0.687. The number of hydrogen-bond acceptors (Lipinski definition) is 4. The smallest absolute Gasteiger partial charge is 0.342 e. The first-order valence-corrected chi connectivity index (χ1v) is 4.96. The maximum absolute atomic E-state index is 11.2. The van der Waals surface area contributed by atoms with Gasteiger partial charge in [-0.05, 0) is 6.92 Å². The Bertz CT molecular complexity index is 332. The molecule has 0 aliphatic heterocycles. The second kappa shape index (κ2) is 4.71. The highest BCUT2D eigenvalue weighted by atomic mass is 127. The summed E-state index contributed by atoms with van der Waals surface area (Å²) in [6.07, 6.45) is 1.36. The summed E-state index contributed by atoms with van der Waals surface area (Å²) in [5.41, 5.74) is 0.198. The average Bonchev–Trinajstić information content (AvgIpc) is 2.04. The van der Waals surface area contributed by atoms with Crippen molar-refractivity contribution in [3.63, 3.8) is 0 Å². The maximum atomic E-state index is 11.2. The quantitative estimate of drug-likeness (QED) is 0.362. The van der Waals surface area contributed by atoms with Crippen LogP contribution in [0.25, 0.3) is 0 Å². The van der Waals surface area contributed by atoms with Crippen LogP contribution in [-0.2, 0) is 4.74 Å². The van der Waals surface area contributed by atoms with Gasteiger partial charge in [-0.15, -0.1) is 0 Å². The van der Waals surface area contributed by atoms with Gasteiger partial charge in [-0.25, -0.2) is 14.8 Å². The van der Waals surface area contributed by atoms with E-state index in [1.54, 1.807) is 6.92 Å². The molecule has 0 unspecified atom stereocenters. The topological polar surface area (TPSA) is 52.1 Å². The van der Waals surface area contributed by atoms with Crippen LogP contribution in [0.1, 0.15) is 17.3 Å². The second-order valence-corrected chi connectivity index (χ2v) is 3.39. The zero-order valence-electron chi connectivity index (χ0n) is 6.75. The van der Waals surface area contributed by atoms with E-state index >= 15 is 0 Å². The average molecular weight is 312 g/mol. The third kappa shape index (κ3) is 2.77. The van der Waals surface area contributed by atoms with Gasteiger partial charge in [0.15, 0.2) is 3.83 Å². The molecule has 0 saturated heterocycles. The van der Waals surface area contributed by atoms with Crippen LogP contribution in [0.15, 0.2) is 6.20 Å². The molecular formula is C7H6ClIN2O2. The van der Waals surface area contributed by atoms with E-state index < -0.39 is 5.97 Å². The van der Waals surface area contributed by atoms with Crippen molar-refractivity contribution in [1.29, 1.82) is 0 Å². The number of carbonyl (C=O) groups is 1. The lowest BCUT2D eigenvalue weighted by Crippen LogP contribution is -2.07. The molecule has 0 bridgehead atoms. The Labute approximate surface area is 93.8 Å². The van der Waals surface area contributed by atoms with Crippen LogP contribution in [0.2, 0.25) is 5.15 Å². The lowest BCUT2D eigenvalue weighted by Gasteiger charge is -2.02. The Hall–Kier alpha value is -0.430. The summed E-state index contributed by atoms with van der Waals surface area (Å²) in [6.45, 7) is 2.03. The molecule has 0 atom stereocenters. The van der Waals surface area contributed by atoms with Crippen molar-refractivity contribution >= 4 is 40.2 Å². The van der Waals surface area contributed by atoms with E-state index in [9.17, 15) is 4.79 Å². The minimum atomic E-state index is -0.496. The van der Waals surface area contributed by atoms with Gasteiger partial charge in [0.05, 0.1) is 6.61 Å². The minimum Gasteiger partial charge on any atom is -0.462 e. The van der Waals surface area contributed by atoms with Gasteiger partial charge in [0, 0.05) is 28.8 Å².